The Hall–Kier alpha value is -4.38. The van der Waals surface area contributed by atoms with Crippen LogP contribution in [0.1, 0.15) is 162 Å². The van der Waals surface area contributed by atoms with Gasteiger partial charge in [-0.15, -0.1) is 0 Å². The van der Waals surface area contributed by atoms with Gasteiger partial charge in [-0.1, -0.05) is 20.3 Å². The van der Waals surface area contributed by atoms with Crippen LogP contribution < -0.4 is 0 Å². The molecular weight excluding hydrogens is 859 g/mol. The maximum atomic E-state index is 11.3. The van der Waals surface area contributed by atoms with Crippen molar-refractivity contribution >= 4 is 55.4 Å². The fraction of sp³-hybridized carbons (Fsp3) is 0.833. The standard InChI is InChI=1S/C15H24O4.C13H20O4.C12H18O4.C8H10O4.BHO/c1-15(2,11-3-5-13(16)18-9-7-11)12-4-6-14(17)19-10-8-12;14-12-6-4-10(8-16-12)2-1-3-11-5-7-13(15)17-9-11;13-11-3-1-9(5-7-15-11)10-2-4-12(14)16-8-6-10;9-7-3-1-5(11-7)6-2-4-8(10)12-6;1-2/h11-12H,3-10H2,1-2H3;10-11H,1-9H2;9-10H,1-8H2;5-6H,1-4H2;1H/i;;;;1D. The Kier molecular flexibility index (Phi) is 22.9. The van der Waals surface area contributed by atoms with Crippen molar-refractivity contribution in [3.05, 3.63) is 0 Å². The van der Waals surface area contributed by atoms with Gasteiger partial charge >= 0.3 is 61.5 Å². The zero-order chi connectivity index (χ0) is 48.6. The van der Waals surface area contributed by atoms with Gasteiger partial charge in [-0.25, -0.2) is 0 Å². The van der Waals surface area contributed by atoms with E-state index in [0.29, 0.717) is 139 Å². The summed E-state index contributed by atoms with van der Waals surface area (Å²) in [6, 6.07) is 0. The second kappa shape index (κ2) is 28.7. The van der Waals surface area contributed by atoms with Gasteiger partial charge < -0.3 is 37.9 Å². The zero-order valence-corrected chi connectivity index (χ0v) is 39.1. The number of ether oxygens (including phenoxy) is 8. The Morgan fingerprint density at radius 3 is 1.09 bits per heavy atom. The van der Waals surface area contributed by atoms with Crippen LogP contribution in [0.2, 0.25) is 0 Å². The third-order valence-electron chi connectivity index (χ3n) is 14.5. The molecule has 0 amide bonds. The molecule has 0 aromatic carbocycles. The Bertz CT molecular complexity index is 1520. The molecule has 8 saturated heterocycles. The normalized spacial score (nSPS) is 30.6. The van der Waals surface area contributed by atoms with Gasteiger partial charge in [-0.2, -0.15) is 0 Å². The minimum atomic E-state index is -0.178. The summed E-state index contributed by atoms with van der Waals surface area (Å²) in [7, 11) is 0. The first-order valence-electron chi connectivity index (χ1n) is 24.9. The molecule has 8 heterocycles. The van der Waals surface area contributed by atoms with Crippen LogP contribution in [0, 0.1) is 40.9 Å². The first-order chi connectivity index (χ1) is 32.2. The van der Waals surface area contributed by atoms with Gasteiger partial charge in [0, 0.05) is 51.4 Å². The molecule has 370 valence electrons. The van der Waals surface area contributed by atoms with E-state index < -0.39 is 0 Å². The second-order valence-corrected chi connectivity index (χ2v) is 19.2. The maximum absolute atomic E-state index is 11.3. The van der Waals surface area contributed by atoms with Crippen molar-refractivity contribution in [2.24, 2.45) is 40.9 Å². The van der Waals surface area contributed by atoms with Crippen molar-refractivity contribution in [3.63, 3.8) is 0 Å². The molecule has 17 nitrogen and oxygen atoms in total. The molecule has 0 N–H and O–H groups in total. The number of cyclic esters (lactones) is 8. The average Bonchev–Trinajstić information content (AvgIpc) is 3.55. The summed E-state index contributed by atoms with van der Waals surface area (Å²) in [5, 5.41) is 0. The van der Waals surface area contributed by atoms with Gasteiger partial charge in [0.05, 0.1) is 39.6 Å². The summed E-state index contributed by atoms with van der Waals surface area (Å²) >= 11 is 0. The predicted octanol–water partition coefficient (Wildman–Crippen LogP) is 6.07. The first kappa shape index (κ1) is 52.6. The number of hydrogen-bond donors (Lipinski definition) is 0. The van der Waals surface area contributed by atoms with E-state index in [4.69, 9.17) is 43.9 Å². The van der Waals surface area contributed by atoms with Crippen LogP contribution in [0.3, 0.4) is 0 Å². The van der Waals surface area contributed by atoms with Crippen molar-refractivity contribution in [1.82, 2.24) is 0 Å². The second-order valence-electron chi connectivity index (χ2n) is 19.2. The number of carbonyl (C=O) groups excluding carboxylic acids is 8. The first-order valence-corrected chi connectivity index (χ1v) is 24.3. The Morgan fingerprint density at radius 2 is 0.758 bits per heavy atom. The van der Waals surface area contributed by atoms with E-state index in [1.54, 1.807) is 0 Å². The van der Waals surface area contributed by atoms with E-state index in [-0.39, 0.29) is 73.1 Å². The van der Waals surface area contributed by atoms with Crippen LogP contribution in [0.15, 0.2) is 0 Å². The predicted molar refractivity (Wildman–Crippen MR) is 234 cm³/mol. The molecule has 8 atom stereocenters. The molecule has 8 rings (SSSR count). The molecule has 0 saturated carbocycles. The summed E-state index contributed by atoms with van der Waals surface area (Å²) in [6.45, 7) is 7.88. The van der Waals surface area contributed by atoms with Gasteiger partial charge in [0.25, 0.3) is 0 Å². The van der Waals surface area contributed by atoms with Crippen molar-refractivity contribution < 1.29 is 81.0 Å². The van der Waals surface area contributed by atoms with Gasteiger partial charge in [-0.05, 0) is 131 Å². The summed E-state index contributed by atoms with van der Waals surface area (Å²) in [5.74, 6) is 2.31. The van der Waals surface area contributed by atoms with E-state index in [2.05, 4.69) is 13.8 Å². The molecule has 0 aromatic heterocycles. The molecule has 0 bridgehead atoms. The van der Waals surface area contributed by atoms with E-state index in [1.807, 2.05) is 0 Å². The number of hydrogen-bond acceptors (Lipinski definition) is 17. The van der Waals surface area contributed by atoms with E-state index in [9.17, 15) is 38.4 Å². The van der Waals surface area contributed by atoms with E-state index in [0.717, 1.165) is 83.5 Å². The molecular formula is C48H73BO17. The molecule has 8 aliphatic heterocycles. The zero-order valence-electron chi connectivity index (χ0n) is 40.1. The van der Waals surface area contributed by atoms with Crippen LogP contribution >= 0.6 is 0 Å². The quantitative estimate of drug-likeness (QED) is 0.153. The SMILES string of the molecule is CC(C)(C1CCOC(=O)CC1)C1CCOC(=O)CC1.O=C1CCC(C2CCC(=O)O2)O1.O=C1CCC(C2CCOC(=O)CC2)CCO1.O=C1CCC(CCCC2CCC(=O)OC2)CO1.[2H]B=O. The Balaban J connectivity index is 0.000000193. The number of carbonyl (C=O) groups is 8. The fourth-order valence-corrected chi connectivity index (χ4v) is 10.2. The molecule has 8 aliphatic rings. The molecule has 8 fully saturated rings. The third-order valence-corrected chi connectivity index (χ3v) is 14.5. The molecule has 18 heteroatoms. The summed E-state index contributed by atoms with van der Waals surface area (Å²) in [5.41, 5.74) is 0.127. The van der Waals surface area contributed by atoms with Crippen LogP contribution in [-0.2, 0) is 81.0 Å². The number of esters is 8. The minimum absolute atomic E-state index is 0. The third kappa shape index (κ3) is 19.1. The van der Waals surface area contributed by atoms with Crippen LogP contribution in [-0.4, -0.2) is 109 Å². The molecule has 0 aliphatic carbocycles. The van der Waals surface area contributed by atoms with Crippen molar-refractivity contribution in [1.29, 1.82) is 1.34 Å². The van der Waals surface area contributed by atoms with Crippen LogP contribution in [0.25, 0.3) is 0 Å². The van der Waals surface area contributed by atoms with Crippen molar-refractivity contribution in [2.75, 3.05) is 39.6 Å². The summed E-state index contributed by atoms with van der Waals surface area (Å²) < 4.78 is 54.4. The van der Waals surface area contributed by atoms with E-state index in [1.165, 1.54) is 0 Å². The number of rotatable bonds is 8. The molecule has 8 unspecified atom stereocenters. The molecule has 0 aromatic rings. The average molecular weight is 934 g/mol. The summed E-state index contributed by atoms with van der Waals surface area (Å²) in [4.78, 5) is 88.2. The summed E-state index contributed by atoms with van der Waals surface area (Å²) in [6.07, 6.45) is 17.9. The van der Waals surface area contributed by atoms with Crippen molar-refractivity contribution in [2.45, 2.75) is 174 Å². The van der Waals surface area contributed by atoms with Crippen molar-refractivity contribution in [3.8, 4) is 0 Å². The fourth-order valence-electron chi connectivity index (χ4n) is 10.2. The Labute approximate surface area is 391 Å². The van der Waals surface area contributed by atoms with Gasteiger partial charge in [0.2, 0.25) is 0 Å². The molecule has 66 heavy (non-hydrogen) atoms. The van der Waals surface area contributed by atoms with Crippen LogP contribution in [0.4, 0.5) is 0 Å². The monoisotopic (exact) mass is 934 g/mol. The topological polar surface area (TPSA) is 227 Å². The van der Waals surface area contributed by atoms with Gasteiger partial charge in [0.1, 0.15) is 12.2 Å². The Morgan fingerprint density at radius 1 is 0.439 bits per heavy atom. The van der Waals surface area contributed by atoms with E-state index >= 15 is 0 Å². The van der Waals surface area contributed by atoms with Gasteiger partial charge in [0.15, 0.2) is 0 Å². The van der Waals surface area contributed by atoms with Crippen LogP contribution in [0.5, 0.6) is 0 Å². The molecule has 0 spiro atoms. The van der Waals surface area contributed by atoms with Gasteiger partial charge in [-0.3, -0.25) is 38.4 Å². The molecule has 0 radical (unpaired) electrons.